The van der Waals surface area contributed by atoms with Crippen molar-refractivity contribution in [1.29, 1.82) is 0 Å². The maximum atomic E-state index is 11.5. The first kappa shape index (κ1) is 21.9. The van der Waals surface area contributed by atoms with Gasteiger partial charge in [-0.2, -0.15) is 0 Å². The fourth-order valence-electron chi connectivity index (χ4n) is 1.47. The number of amides is 2. The lowest BCUT2D eigenvalue weighted by Gasteiger charge is -2.08. The molecular weight excluding hydrogens is 315 g/mol. The molecule has 4 N–H and O–H groups in total. The topological polar surface area (TPSA) is 97.1 Å². The molecule has 0 aliphatic heterocycles. The van der Waals surface area contributed by atoms with E-state index in [-0.39, 0.29) is 55.5 Å². The molecule has 8 heteroatoms. The van der Waals surface area contributed by atoms with Gasteiger partial charge in [0.1, 0.15) is 0 Å². The van der Waals surface area contributed by atoms with Crippen LogP contribution in [0.4, 0.5) is 0 Å². The quantitative estimate of drug-likeness (QED) is 0.685. The first-order chi connectivity index (χ1) is 9.08. The Morgan fingerprint density at radius 3 is 2.57 bits per heavy atom. The number of aromatic nitrogens is 1. The number of pyridine rings is 1. The lowest BCUT2D eigenvalue weighted by Crippen LogP contribution is -2.33. The number of carbonyl (C=O) groups is 2. The Morgan fingerprint density at radius 2 is 2.00 bits per heavy atom. The molecule has 1 aromatic heterocycles. The van der Waals surface area contributed by atoms with Gasteiger partial charge in [0.15, 0.2) is 0 Å². The zero-order valence-corrected chi connectivity index (χ0v) is 13.5. The summed E-state index contributed by atoms with van der Waals surface area (Å²) in [6, 6.07) is 3.53. The van der Waals surface area contributed by atoms with E-state index >= 15 is 0 Å². The molecule has 0 saturated heterocycles. The van der Waals surface area contributed by atoms with E-state index in [1.807, 2.05) is 12.1 Å². The summed E-state index contributed by atoms with van der Waals surface area (Å²) in [5.74, 6) is -0.236. The first-order valence-electron chi connectivity index (χ1n) is 6.26. The van der Waals surface area contributed by atoms with Crippen LogP contribution in [-0.2, 0) is 16.1 Å². The monoisotopic (exact) mass is 336 g/mol. The molecule has 0 aliphatic carbocycles. The molecule has 6 nitrogen and oxygen atoms in total. The van der Waals surface area contributed by atoms with Gasteiger partial charge in [0, 0.05) is 44.4 Å². The number of carbonyl (C=O) groups excluding carboxylic acids is 2. The normalized spacial score (nSPS) is 10.6. The van der Waals surface area contributed by atoms with Gasteiger partial charge in [0.05, 0.1) is 0 Å². The van der Waals surface area contributed by atoms with Gasteiger partial charge in [-0.3, -0.25) is 14.6 Å². The molecule has 0 bridgehead atoms. The van der Waals surface area contributed by atoms with Crippen LogP contribution >= 0.6 is 24.8 Å². The van der Waals surface area contributed by atoms with E-state index in [4.69, 9.17) is 5.73 Å². The standard InChI is InChI=1S/C13H20N4O2.2ClH/c1-10(14)7-13(19)16-6-4-12(18)17-9-11-3-2-5-15-8-11;;/h2-3,5,8,10H,4,6-7,9,14H2,1H3,(H,16,19)(H,17,18);2*1H. The summed E-state index contributed by atoms with van der Waals surface area (Å²) in [6.07, 6.45) is 3.91. The molecule has 1 unspecified atom stereocenters. The van der Waals surface area contributed by atoms with Crippen LogP contribution in [0.2, 0.25) is 0 Å². The van der Waals surface area contributed by atoms with Crippen LogP contribution in [0.1, 0.15) is 25.3 Å². The fourth-order valence-corrected chi connectivity index (χ4v) is 1.47. The Morgan fingerprint density at radius 1 is 1.29 bits per heavy atom. The summed E-state index contributed by atoms with van der Waals surface area (Å²) in [7, 11) is 0. The molecule has 1 rings (SSSR count). The second-order valence-corrected chi connectivity index (χ2v) is 4.42. The molecule has 0 aromatic carbocycles. The van der Waals surface area contributed by atoms with Gasteiger partial charge >= 0.3 is 0 Å². The summed E-state index contributed by atoms with van der Waals surface area (Å²) in [5.41, 5.74) is 6.43. The number of nitrogens with one attached hydrogen (secondary N) is 2. The van der Waals surface area contributed by atoms with Crippen molar-refractivity contribution in [3.63, 3.8) is 0 Å². The van der Waals surface area contributed by atoms with Gasteiger partial charge in [0.2, 0.25) is 11.8 Å². The fraction of sp³-hybridized carbons (Fsp3) is 0.462. The Hall–Kier alpha value is -1.37. The third kappa shape index (κ3) is 11.0. The second kappa shape index (κ2) is 12.4. The molecular formula is C13H22Cl2N4O2. The van der Waals surface area contributed by atoms with E-state index in [1.54, 1.807) is 19.3 Å². The second-order valence-electron chi connectivity index (χ2n) is 4.42. The van der Waals surface area contributed by atoms with Crippen molar-refractivity contribution in [3.05, 3.63) is 30.1 Å². The van der Waals surface area contributed by atoms with E-state index in [1.165, 1.54) is 0 Å². The zero-order chi connectivity index (χ0) is 14.1. The van der Waals surface area contributed by atoms with Crippen molar-refractivity contribution in [2.75, 3.05) is 6.54 Å². The number of halogens is 2. The Labute approximate surface area is 137 Å². The molecule has 0 fully saturated rings. The Kier molecular flexibility index (Phi) is 12.9. The van der Waals surface area contributed by atoms with Crippen molar-refractivity contribution < 1.29 is 9.59 Å². The van der Waals surface area contributed by atoms with Gasteiger partial charge in [-0.25, -0.2) is 0 Å². The minimum Gasteiger partial charge on any atom is -0.356 e. The lowest BCUT2D eigenvalue weighted by atomic mass is 10.2. The van der Waals surface area contributed by atoms with E-state index in [0.29, 0.717) is 13.1 Å². The van der Waals surface area contributed by atoms with Gasteiger partial charge in [-0.05, 0) is 18.6 Å². The first-order valence-corrected chi connectivity index (χ1v) is 6.26. The number of rotatable bonds is 7. The maximum Gasteiger partial charge on any atom is 0.222 e. The molecule has 0 saturated carbocycles. The highest BCUT2D eigenvalue weighted by molar-refractivity contribution is 5.85. The highest BCUT2D eigenvalue weighted by Gasteiger charge is 2.06. The minimum absolute atomic E-state index is 0. The van der Waals surface area contributed by atoms with Crippen LogP contribution < -0.4 is 16.4 Å². The van der Waals surface area contributed by atoms with Gasteiger partial charge in [0.25, 0.3) is 0 Å². The zero-order valence-electron chi connectivity index (χ0n) is 11.9. The summed E-state index contributed by atoms with van der Waals surface area (Å²) >= 11 is 0. The predicted octanol–water partition coefficient (Wildman–Crippen LogP) is 0.785. The maximum absolute atomic E-state index is 11.5. The highest BCUT2D eigenvalue weighted by Crippen LogP contribution is 1.94. The number of hydrogen-bond acceptors (Lipinski definition) is 4. The predicted molar refractivity (Wildman–Crippen MR) is 86.5 cm³/mol. The smallest absolute Gasteiger partial charge is 0.222 e. The average Bonchev–Trinajstić information content (AvgIpc) is 2.36. The molecule has 2 amide bonds. The molecule has 1 heterocycles. The van der Waals surface area contributed by atoms with Crippen LogP contribution in [0, 0.1) is 0 Å². The Bertz CT molecular complexity index is 416. The molecule has 0 aliphatic rings. The van der Waals surface area contributed by atoms with Crippen molar-refractivity contribution >= 4 is 36.6 Å². The van der Waals surface area contributed by atoms with E-state index in [2.05, 4.69) is 15.6 Å². The molecule has 0 radical (unpaired) electrons. The van der Waals surface area contributed by atoms with Crippen molar-refractivity contribution in [1.82, 2.24) is 15.6 Å². The van der Waals surface area contributed by atoms with E-state index in [9.17, 15) is 9.59 Å². The third-order valence-corrected chi connectivity index (χ3v) is 2.39. The third-order valence-electron chi connectivity index (χ3n) is 2.39. The van der Waals surface area contributed by atoms with Crippen LogP contribution in [-0.4, -0.2) is 29.4 Å². The summed E-state index contributed by atoms with van der Waals surface area (Å²) in [6.45, 7) is 2.53. The van der Waals surface area contributed by atoms with E-state index < -0.39 is 0 Å². The number of nitrogens with two attached hydrogens (primary N) is 1. The molecule has 1 atom stereocenters. The Balaban J connectivity index is 0. The van der Waals surface area contributed by atoms with Crippen molar-refractivity contribution in [2.45, 2.75) is 32.4 Å². The summed E-state index contributed by atoms with van der Waals surface area (Å²) in [4.78, 5) is 26.8. The minimum atomic E-state index is -0.167. The van der Waals surface area contributed by atoms with Gasteiger partial charge in [-0.1, -0.05) is 6.07 Å². The van der Waals surface area contributed by atoms with Gasteiger partial charge in [-0.15, -0.1) is 24.8 Å². The molecule has 1 aromatic rings. The summed E-state index contributed by atoms with van der Waals surface area (Å²) < 4.78 is 0. The van der Waals surface area contributed by atoms with Crippen LogP contribution in [0.25, 0.3) is 0 Å². The SMILES string of the molecule is CC(N)CC(=O)NCCC(=O)NCc1cccnc1.Cl.Cl. The van der Waals surface area contributed by atoms with Crippen molar-refractivity contribution in [2.24, 2.45) is 5.73 Å². The molecule has 120 valence electrons. The lowest BCUT2D eigenvalue weighted by molar-refractivity contribution is -0.122. The highest BCUT2D eigenvalue weighted by atomic mass is 35.5. The van der Waals surface area contributed by atoms with E-state index in [0.717, 1.165) is 5.56 Å². The van der Waals surface area contributed by atoms with Crippen molar-refractivity contribution in [3.8, 4) is 0 Å². The average molecular weight is 337 g/mol. The van der Waals surface area contributed by atoms with Crippen LogP contribution in [0.15, 0.2) is 24.5 Å². The number of hydrogen-bond donors (Lipinski definition) is 3. The summed E-state index contributed by atoms with van der Waals surface area (Å²) in [5, 5.41) is 5.41. The van der Waals surface area contributed by atoms with Gasteiger partial charge < -0.3 is 16.4 Å². The molecule has 0 spiro atoms. The molecule has 21 heavy (non-hydrogen) atoms. The number of nitrogens with zero attached hydrogens (tertiary/aromatic N) is 1. The van der Waals surface area contributed by atoms with Crippen LogP contribution in [0.5, 0.6) is 0 Å². The largest absolute Gasteiger partial charge is 0.356 e. The van der Waals surface area contributed by atoms with Crippen LogP contribution in [0.3, 0.4) is 0 Å².